The molecule has 0 spiro atoms. The van der Waals surface area contributed by atoms with Crippen molar-refractivity contribution in [3.05, 3.63) is 51.0 Å². The third-order valence-corrected chi connectivity index (χ3v) is 4.04. The predicted octanol–water partition coefficient (Wildman–Crippen LogP) is 3.77. The lowest BCUT2D eigenvalue weighted by atomic mass is 10.1. The molecule has 0 amide bonds. The Hall–Kier alpha value is -1.49. The van der Waals surface area contributed by atoms with Crippen LogP contribution < -0.4 is 0 Å². The Morgan fingerprint density at radius 2 is 2.10 bits per heavy atom. The fourth-order valence-electron chi connectivity index (χ4n) is 2.28. The number of carbonyl (C=O) groups excluding carboxylic acids is 1. The van der Waals surface area contributed by atoms with Gasteiger partial charge < -0.3 is 0 Å². The minimum Gasteiger partial charge on any atom is -0.298 e. The highest BCUT2D eigenvalue weighted by molar-refractivity contribution is 9.10. The molecule has 0 fully saturated rings. The van der Waals surface area contributed by atoms with Crippen LogP contribution >= 0.6 is 15.9 Å². The maximum Gasteiger partial charge on any atom is 0.153 e. The quantitative estimate of drug-likeness (QED) is 0.778. The van der Waals surface area contributed by atoms with Gasteiger partial charge in [0.05, 0.1) is 17.8 Å². The summed E-state index contributed by atoms with van der Waals surface area (Å²) in [5.74, 6) is -0.278. The van der Waals surface area contributed by atoms with Crippen LogP contribution in [0.2, 0.25) is 0 Å². The molecule has 5 heteroatoms. The van der Waals surface area contributed by atoms with Crippen LogP contribution in [0.5, 0.6) is 0 Å². The van der Waals surface area contributed by atoms with E-state index >= 15 is 0 Å². The van der Waals surface area contributed by atoms with Gasteiger partial charge in [0.2, 0.25) is 0 Å². The molecule has 1 aromatic heterocycles. The van der Waals surface area contributed by atoms with Crippen LogP contribution in [-0.2, 0) is 19.4 Å². The Balaban J connectivity index is 2.42. The molecule has 0 aliphatic rings. The summed E-state index contributed by atoms with van der Waals surface area (Å²) in [6, 6.07) is 4.59. The van der Waals surface area contributed by atoms with Crippen LogP contribution in [0.25, 0.3) is 0 Å². The molecular weight excluding hydrogens is 323 g/mol. The molecule has 0 aliphatic heterocycles. The van der Waals surface area contributed by atoms with E-state index in [2.05, 4.69) is 21.0 Å². The lowest BCUT2D eigenvalue weighted by Crippen LogP contribution is -2.07. The van der Waals surface area contributed by atoms with Gasteiger partial charge in [-0.1, -0.05) is 35.8 Å². The summed E-state index contributed by atoms with van der Waals surface area (Å²) in [6.07, 6.45) is 2.33. The van der Waals surface area contributed by atoms with Gasteiger partial charge in [0.1, 0.15) is 5.82 Å². The molecule has 0 N–H and O–H groups in total. The number of nitrogens with zero attached hydrogens (tertiary/aromatic N) is 2. The number of halogens is 2. The molecule has 1 heterocycles. The maximum absolute atomic E-state index is 13.1. The van der Waals surface area contributed by atoms with E-state index in [1.807, 2.05) is 18.5 Å². The number of aldehydes is 1. The first-order valence-electron chi connectivity index (χ1n) is 6.58. The van der Waals surface area contributed by atoms with Gasteiger partial charge >= 0.3 is 0 Å². The van der Waals surface area contributed by atoms with Gasteiger partial charge in [0.25, 0.3) is 0 Å². The van der Waals surface area contributed by atoms with E-state index < -0.39 is 0 Å². The minimum absolute atomic E-state index is 0.278. The summed E-state index contributed by atoms with van der Waals surface area (Å²) in [7, 11) is 0. The molecule has 1 aromatic carbocycles. The topological polar surface area (TPSA) is 34.9 Å². The average molecular weight is 339 g/mol. The lowest BCUT2D eigenvalue weighted by molar-refractivity contribution is 0.112. The monoisotopic (exact) mass is 338 g/mol. The van der Waals surface area contributed by atoms with Crippen molar-refractivity contribution < 1.29 is 9.18 Å². The number of hydrogen-bond acceptors (Lipinski definition) is 2. The van der Waals surface area contributed by atoms with Crippen LogP contribution in [-0.4, -0.2) is 16.1 Å². The molecular formula is C15H16BrFN2O. The van der Waals surface area contributed by atoms with Crippen LogP contribution in [0, 0.1) is 5.82 Å². The van der Waals surface area contributed by atoms with Crippen molar-refractivity contribution in [3.63, 3.8) is 0 Å². The van der Waals surface area contributed by atoms with Gasteiger partial charge in [-0.25, -0.2) is 4.39 Å². The summed E-state index contributed by atoms with van der Waals surface area (Å²) in [5, 5.41) is 4.50. The van der Waals surface area contributed by atoms with Crippen LogP contribution in [0.4, 0.5) is 4.39 Å². The Morgan fingerprint density at radius 1 is 1.35 bits per heavy atom. The second-order valence-corrected chi connectivity index (χ2v) is 5.38. The minimum atomic E-state index is -0.278. The zero-order chi connectivity index (χ0) is 14.7. The van der Waals surface area contributed by atoms with E-state index in [0.29, 0.717) is 16.6 Å². The van der Waals surface area contributed by atoms with Gasteiger partial charge in [-0.2, -0.15) is 5.10 Å². The third kappa shape index (κ3) is 2.82. The normalized spacial score (nSPS) is 10.8. The molecule has 0 radical (unpaired) electrons. The summed E-state index contributed by atoms with van der Waals surface area (Å²) in [6.45, 7) is 4.50. The SMILES string of the molecule is CCc1nn(Cc2ccc(F)cc2Br)c(CC)c1C=O. The van der Waals surface area contributed by atoms with Crippen molar-refractivity contribution in [3.8, 4) is 0 Å². The molecule has 106 valence electrons. The molecule has 3 nitrogen and oxygen atoms in total. The second-order valence-electron chi connectivity index (χ2n) is 4.53. The first-order valence-corrected chi connectivity index (χ1v) is 7.37. The fourth-order valence-corrected chi connectivity index (χ4v) is 2.75. The first-order chi connectivity index (χ1) is 9.60. The van der Waals surface area contributed by atoms with Crippen molar-refractivity contribution in [1.29, 1.82) is 0 Å². The molecule has 20 heavy (non-hydrogen) atoms. The number of hydrogen-bond donors (Lipinski definition) is 0. The van der Waals surface area contributed by atoms with E-state index in [0.717, 1.165) is 36.1 Å². The first kappa shape index (κ1) is 14.9. The number of carbonyl (C=O) groups is 1. The Labute approximate surface area is 125 Å². The van der Waals surface area contributed by atoms with Gasteiger partial charge in [0, 0.05) is 10.2 Å². The number of aromatic nitrogens is 2. The van der Waals surface area contributed by atoms with Gasteiger partial charge in [-0.3, -0.25) is 9.48 Å². The van der Waals surface area contributed by atoms with Crippen molar-refractivity contribution in [2.24, 2.45) is 0 Å². The lowest BCUT2D eigenvalue weighted by Gasteiger charge is -2.08. The number of benzene rings is 1. The Morgan fingerprint density at radius 3 is 2.65 bits per heavy atom. The summed E-state index contributed by atoms with van der Waals surface area (Å²) < 4.78 is 15.7. The molecule has 0 atom stereocenters. The van der Waals surface area contributed by atoms with Gasteiger partial charge in [-0.15, -0.1) is 0 Å². The standard InChI is InChI=1S/C15H16BrFN2O/c1-3-14-12(9-20)15(4-2)19(18-14)8-10-5-6-11(17)7-13(10)16/h5-7,9H,3-4,8H2,1-2H3. The zero-order valence-corrected chi connectivity index (χ0v) is 13.1. The predicted molar refractivity (Wildman–Crippen MR) is 79.6 cm³/mol. The van der Waals surface area contributed by atoms with E-state index in [1.165, 1.54) is 12.1 Å². The summed E-state index contributed by atoms with van der Waals surface area (Å²) in [4.78, 5) is 11.2. The highest BCUT2D eigenvalue weighted by Crippen LogP contribution is 2.21. The average Bonchev–Trinajstić information content (AvgIpc) is 2.78. The Kier molecular flexibility index (Phi) is 4.70. The van der Waals surface area contributed by atoms with E-state index in [9.17, 15) is 9.18 Å². The summed E-state index contributed by atoms with van der Waals surface area (Å²) >= 11 is 3.36. The molecule has 0 unspecified atom stereocenters. The van der Waals surface area contributed by atoms with E-state index in [-0.39, 0.29) is 5.82 Å². The fraction of sp³-hybridized carbons (Fsp3) is 0.333. The smallest absolute Gasteiger partial charge is 0.153 e. The Bertz CT molecular complexity index is 637. The van der Waals surface area contributed by atoms with Gasteiger partial charge in [0.15, 0.2) is 6.29 Å². The molecule has 0 aliphatic carbocycles. The van der Waals surface area contributed by atoms with Crippen LogP contribution in [0.1, 0.15) is 41.2 Å². The van der Waals surface area contributed by atoms with Crippen molar-refractivity contribution in [2.75, 3.05) is 0 Å². The highest BCUT2D eigenvalue weighted by Gasteiger charge is 2.15. The largest absolute Gasteiger partial charge is 0.298 e. The molecule has 0 saturated heterocycles. The molecule has 0 bridgehead atoms. The number of aryl methyl sites for hydroxylation is 1. The molecule has 2 aromatic rings. The summed E-state index contributed by atoms with van der Waals surface area (Å²) in [5.41, 5.74) is 3.36. The maximum atomic E-state index is 13.1. The third-order valence-electron chi connectivity index (χ3n) is 3.30. The van der Waals surface area contributed by atoms with E-state index in [4.69, 9.17) is 0 Å². The highest BCUT2D eigenvalue weighted by atomic mass is 79.9. The van der Waals surface area contributed by atoms with Gasteiger partial charge in [-0.05, 0) is 30.5 Å². The van der Waals surface area contributed by atoms with Crippen LogP contribution in [0.3, 0.4) is 0 Å². The zero-order valence-electron chi connectivity index (χ0n) is 11.5. The molecule has 0 saturated carbocycles. The van der Waals surface area contributed by atoms with Crippen molar-refractivity contribution in [1.82, 2.24) is 9.78 Å². The number of rotatable bonds is 5. The second kappa shape index (κ2) is 6.31. The van der Waals surface area contributed by atoms with Crippen LogP contribution in [0.15, 0.2) is 22.7 Å². The van der Waals surface area contributed by atoms with Crippen molar-refractivity contribution in [2.45, 2.75) is 33.2 Å². The van der Waals surface area contributed by atoms with Crippen molar-refractivity contribution >= 4 is 22.2 Å². The molecule has 2 rings (SSSR count). The van der Waals surface area contributed by atoms with E-state index in [1.54, 1.807) is 6.07 Å².